The molecule has 0 unspecified atom stereocenters. The van der Waals surface area contributed by atoms with Crippen molar-refractivity contribution in [1.82, 2.24) is 4.72 Å². The largest absolute Gasteiger partial charge is 0.322 e. The predicted octanol–water partition coefficient (Wildman–Crippen LogP) is 2.64. The smallest absolute Gasteiger partial charge is 0.244 e. The molecule has 1 fully saturated rings. The first-order chi connectivity index (χ1) is 11.8. The summed E-state index contributed by atoms with van der Waals surface area (Å²) in [5, 5.41) is 2.33. The SMILES string of the molecule is CC(C)(C)NS(=O)(=O)c1cc(NC(=O)C2(N)CCCCC2)c(F)cc1F. The third kappa shape index (κ3) is 4.77. The molecule has 1 aliphatic carbocycles. The molecule has 2 rings (SSSR count). The molecular weight excluding hydrogens is 364 g/mol. The van der Waals surface area contributed by atoms with Crippen LogP contribution in [0.4, 0.5) is 14.5 Å². The fourth-order valence-electron chi connectivity index (χ4n) is 2.95. The van der Waals surface area contributed by atoms with Crippen molar-refractivity contribution in [1.29, 1.82) is 0 Å². The number of carbonyl (C=O) groups excluding carboxylic acids is 1. The fraction of sp³-hybridized carbons (Fsp3) is 0.588. The van der Waals surface area contributed by atoms with E-state index >= 15 is 0 Å². The number of hydrogen-bond donors (Lipinski definition) is 3. The highest BCUT2D eigenvalue weighted by atomic mass is 32.2. The van der Waals surface area contributed by atoms with Crippen molar-refractivity contribution in [3.8, 4) is 0 Å². The van der Waals surface area contributed by atoms with Gasteiger partial charge in [0.25, 0.3) is 0 Å². The Kier molecular flexibility index (Phi) is 5.74. The zero-order valence-electron chi connectivity index (χ0n) is 15.2. The molecule has 1 aromatic carbocycles. The summed E-state index contributed by atoms with van der Waals surface area (Å²) in [6, 6.07) is 1.22. The normalized spacial score (nSPS) is 17.8. The molecule has 1 amide bonds. The van der Waals surface area contributed by atoms with Gasteiger partial charge in [-0.25, -0.2) is 21.9 Å². The number of benzene rings is 1. The Morgan fingerprint density at radius 1 is 1.12 bits per heavy atom. The lowest BCUT2D eigenvalue weighted by Gasteiger charge is -2.31. The van der Waals surface area contributed by atoms with Crippen LogP contribution in [0.2, 0.25) is 0 Å². The lowest BCUT2D eigenvalue weighted by Crippen LogP contribution is -2.52. The summed E-state index contributed by atoms with van der Waals surface area (Å²) in [6.07, 6.45) is 3.45. The van der Waals surface area contributed by atoms with Crippen LogP contribution in [0.5, 0.6) is 0 Å². The molecule has 1 aromatic rings. The van der Waals surface area contributed by atoms with E-state index in [0.717, 1.165) is 25.3 Å². The molecule has 1 aliphatic rings. The van der Waals surface area contributed by atoms with Gasteiger partial charge in [0.2, 0.25) is 15.9 Å². The molecule has 0 heterocycles. The van der Waals surface area contributed by atoms with Crippen molar-refractivity contribution >= 4 is 21.6 Å². The Morgan fingerprint density at radius 2 is 1.69 bits per heavy atom. The minimum Gasteiger partial charge on any atom is -0.322 e. The second-order valence-corrected chi connectivity index (χ2v) is 9.44. The molecule has 26 heavy (non-hydrogen) atoms. The minimum absolute atomic E-state index is 0.416. The Bertz CT molecular complexity index is 798. The standard InChI is InChI=1S/C17H25F2N3O3S/c1-16(2,3)22-26(24,25)14-10-13(11(18)9-12(14)19)21-15(23)17(20)7-5-4-6-8-17/h9-10,22H,4-8,20H2,1-3H3,(H,21,23). The molecule has 146 valence electrons. The molecular formula is C17H25F2N3O3S. The summed E-state index contributed by atoms with van der Waals surface area (Å²) in [7, 11) is -4.24. The van der Waals surface area contributed by atoms with E-state index in [2.05, 4.69) is 10.0 Å². The monoisotopic (exact) mass is 389 g/mol. The van der Waals surface area contributed by atoms with Crippen molar-refractivity contribution in [3.05, 3.63) is 23.8 Å². The number of sulfonamides is 1. The van der Waals surface area contributed by atoms with Crippen LogP contribution in [0.1, 0.15) is 52.9 Å². The maximum Gasteiger partial charge on any atom is 0.244 e. The summed E-state index contributed by atoms with van der Waals surface area (Å²) in [4.78, 5) is 11.7. The van der Waals surface area contributed by atoms with Gasteiger partial charge >= 0.3 is 0 Å². The molecule has 0 spiro atoms. The van der Waals surface area contributed by atoms with Gasteiger partial charge in [0.15, 0.2) is 0 Å². The van der Waals surface area contributed by atoms with E-state index in [1.54, 1.807) is 20.8 Å². The summed E-state index contributed by atoms with van der Waals surface area (Å²) >= 11 is 0. The summed E-state index contributed by atoms with van der Waals surface area (Å²) in [6.45, 7) is 4.78. The van der Waals surface area contributed by atoms with Crippen molar-refractivity contribution < 1.29 is 22.0 Å². The van der Waals surface area contributed by atoms with Crippen LogP contribution in [0.3, 0.4) is 0 Å². The molecule has 9 heteroatoms. The lowest BCUT2D eigenvalue weighted by atomic mass is 9.82. The van der Waals surface area contributed by atoms with Crippen LogP contribution in [0.15, 0.2) is 17.0 Å². The minimum atomic E-state index is -4.24. The van der Waals surface area contributed by atoms with Crippen molar-refractivity contribution in [3.63, 3.8) is 0 Å². The summed E-state index contributed by atoms with van der Waals surface area (Å²) in [5.41, 5.74) is 3.69. The molecule has 0 atom stereocenters. The first-order valence-electron chi connectivity index (χ1n) is 8.47. The first kappa shape index (κ1) is 20.7. The number of rotatable bonds is 4. The fourth-order valence-corrected chi connectivity index (χ4v) is 4.45. The highest BCUT2D eigenvalue weighted by Gasteiger charge is 2.36. The van der Waals surface area contributed by atoms with Gasteiger partial charge in [-0.2, -0.15) is 0 Å². The van der Waals surface area contributed by atoms with Gasteiger partial charge in [0.05, 0.1) is 11.2 Å². The van der Waals surface area contributed by atoms with Crippen LogP contribution >= 0.6 is 0 Å². The second-order valence-electron chi connectivity index (χ2n) is 7.79. The molecule has 0 radical (unpaired) electrons. The highest BCUT2D eigenvalue weighted by molar-refractivity contribution is 7.89. The van der Waals surface area contributed by atoms with Crippen LogP contribution < -0.4 is 15.8 Å². The number of nitrogens with one attached hydrogen (secondary N) is 2. The topological polar surface area (TPSA) is 101 Å². The van der Waals surface area contributed by atoms with Crippen molar-refractivity contribution in [2.24, 2.45) is 5.73 Å². The Balaban J connectivity index is 2.34. The Labute approximate surface area is 152 Å². The quantitative estimate of drug-likeness (QED) is 0.737. The van der Waals surface area contributed by atoms with E-state index in [9.17, 15) is 22.0 Å². The number of anilines is 1. The van der Waals surface area contributed by atoms with Crippen LogP contribution in [0, 0.1) is 11.6 Å². The average Bonchev–Trinajstić information content (AvgIpc) is 2.47. The number of carbonyl (C=O) groups is 1. The second kappa shape index (κ2) is 7.21. The third-order valence-corrected chi connectivity index (χ3v) is 5.97. The van der Waals surface area contributed by atoms with Gasteiger partial charge in [-0.3, -0.25) is 4.79 Å². The van der Waals surface area contributed by atoms with Gasteiger partial charge in [0, 0.05) is 11.6 Å². The van der Waals surface area contributed by atoms with Crippen molar-refractivity contribution in [2.45, 2.75) is 68.8 Å². The van der Waals surface area contributed by atoms with E-state index in [4.69, 9.17) is 5.73 Å². The number of hydrogen-bond acceptors (Lipinski definition) is 4. The van der Waals surface area contributed by atoms with Gasteiger partial charge in [-0.15, -0.1) is 0 Å². The molecule has 6 nitrogen and oxygen atoms in total. The van der Waals surface area contributed by atoms with Gasteiger partial charge in [0.1, 0.15) is 16.5 Å². The first-order valence-corrected chi connectivity index (χ1v) is 9.96. The maximum absolute atomic E-state index is 14.1. The zero-order chi connectivity index (χ0) is 19.8. The highest BCUT2D eigenvalue weighted by Crippen LogP contribution is 2.29. The van der Waals surface area contributed by atoms with Crippen LogP contribution in [-0.2, 0) is 14.8 Å². The molecule has 1 saturated carbocycles. The predicted molar refractivity (Wildman–Crippen MR) is 95.1 cm³/mol. The Hall–Kier alpha value is -1.58. The van der Waals surface area contributed by atoms with E-state index in [1.807, 2.05) is 0 Å². The molecule has 4 N–H and O–H groups in total. The van der Waals surface area contributed by atoms with Gasteiger partial charge < -0.3 is 11.1 Å². The molecule has 0 aromatic heterocycles. The molecule has 0 aliphatic heterocycles. The van der Waals surface area contributed by atoms with Gasteiger partial charge in [-0.1, -0.05) is 19.3 Å². The van der Waals surface area contributed by atoms with E-state index in [0.29, 0.717) is 18.9 Å². The molecule has 0 saturated heterocycles. The van der Waals surface area contributed by atoms with Crippen LogP contribution in [-0.4, -0.2) is 25.4 Å². The van der Waals surface area contributed by atoms with Crippen molar-refractivity contribution in [2.75, 3.05) is 5.32 Å². The number of amides is 1. The lowest BCUT2D eigenvalue weighted by molar-refractivity contribution is -0.122. The summed E-state index contributed by atoms with van der Waals surface area (Å²) < 4.78 is 55.2. The average molecular weight is 389 g/mol. The van der Waals surface area contributed by atoms with Crippen LogP contribution in [0.25, 0.3) is 0 Å². The van der Waals surface area contributed by atoms with Gasteiger partial charge in [-0.05, 0) is 39.7 Å². The van der Waals surface area contributed by atoms with E-state index < -0.39 is 49.2 Å². The summed E-state index contributed by atoms with van der Waals surface area (Å²) in [5.74, 6) is -2.91. The maximum atomic E-state index is 14.1. The zero-order valence-corrected chi connectivity index (χ0v) is 16.0. The number of halogens is 2. The van der Waals surface area contributed by atoms with E-state index in [1.165, 1.54) is 0 Å². The Morgan fingerprint density at radius 3 is 2.23 bits per heavy atom. The molecule has 0 bridgehead atoms. The number of nitrogens with two attached hydrogens (primary N) is 1. The third-order valence-electron chi connectivity index (χ3n) is 4.20. The van der Waals surface area contributed by atoms with E-state index in [-0.39, 0.29) is 0 Å².